The number of hydrogen-bond acceptors (Lipinski definition) is 4. The van der Waals surface area contributed by atoms with E-state index in [4.69, 9.17) is 4.42 Å². The number of amides is 1. The Labute approximate surface area is 111 Å². The van der Waals surface area contributed by atoms with Gasteiger partial charge in [0.2, 0.25) is 0 Å². The highest BCUT2D eigenvalue weighted by atomic mass is 16.3. The van der Waals surface area contributed by atoms with E-state index in [-0.39, 0.29) is 12.5 Å². The van der Waals surface area contributed by atoms with E-state index >= 15 is 0 Å². The van der Waals surface area contributed by atoms with Gasteiger partial charge in [-0.1, -0.05) is 6.92 Å². The molecular weight excluding hydrogens is 246 g/mol. The van der Waals surface area contributed by atoms with Crippen LogP contribution in [-0.2, 0) is 13.5 Å². The third-order valence-corrected chi connectivity index (χ3v) is 2.86. The average molecular weight is 263 g/mol. The number of rotatable bonds is 5. The van der Waals surface area contributed by atoms with Gasteiger partial charge in [-0.3, -0.25) is 9.48 Å². The molecule has 6 heteroatoms. The molecule has 102 valence electrons. The molecule has 0 saturated carbocycles. The van der Waals surface area contributed by atoms with Crippen LogP contribution in [0.3, 0.4) is 0 Å². The summed E-state index contributed by atoms with van der Waals surface area (Å²) in [4.78, 5) is 12.2. The lowest BCUT2D eigenvalue weighted by Gasteiger charge is -2.13. The summed E-state index contributed by atoms with van der Waals surface area (Å²) in [5.74, 6) is 0.262. The molecule has 2 aromatic heterocycles. The highest BCUT2D eigenvalue weighted by Gasteiger charge is 2.20. The van der Waals surface area contributed by atoms with E-state index in [1.165, 1.54) is 6.26 Å². The van der Waals surface area contributed by atoms with E-state index < -0.39 is 6.04 Å². The topological polar surface area (TPSA) is 80.3 Å². The van der Waals surface area contributed by atoms with Crippen molar-refractivity contribution in [3.8, 4) is 0 Å². The number of furan rings is 1. The molecule has 0 aliphatic heterocycles. The predicted molar refractivity (Wildman–Crippen MR) is 68.6 cm³/mol. The zero-order valence-corrected chi connectivity index (χ0v) is 11.0. The molecule has 2 rings (SSSR count). The van der Waals surface area contributed by atoms with Crippen LogP contribution in [0.15, 0.2) is 29.0 Å². The maximum Gasteiger partial charge on any atom is 0.255 e. The van der Waals surface area contributed by atoms with Gasteiger partial charge >= 0.3 is 0 Å². The second-order valence-electron chi connectivity index (χ2n) is 4.24. The molecule has 0 radical (unpaired) electrons. The van der Waals surface area contributed by atoms with Crippen molar-refractivity contribution in [1.29, 1.82) is 0 Å². The Morgan fingerprint density at radius 1 is 1.63 bits per heavy atom. The summed E-state index contributed by atoms with van der Waals surface area (Å²) < 4.78 is 6.80. The average Bonchev–Trinajstić information content (AvgIpc) is 3.04. The van der Waals surface area contributed by atoms with Crippen molar-refractivity contribution in [2.75, 3.05) is 6.61 Å². The molecule has 0 aliphatic carbocycles. The van der Waals surface area contributed by atoms with E-state index in [2.05, 4.69) is 10.4 Å². The maximum absolute atomic E-state index is 12.2. The lowest BCUT2D eigenvalue weighted by atomic mass is 10.1. The van der Waals surface area contributed by atoms with E-state index in [1.807, 2.05) is 6.92 Å². The minimum atomic E-state index is -0.549. The van der Waals surface area contributed by atoms with E-state index in [1.54, 1.807) is 30.1 Å². The first-order valence-corrected chi connectivity index (χ1v) is 6.13. The van der Waals surface area contributed by atoms with Crippen LogP contribution in [-0.4, -0.2) is 27.4 Å². The number of nitrogens with zero attached hydrogens (tertiary/aromatic N) is 2. The van der Waals surface area contributed by atoms with Gasteiger partial charge in [0, 0.05) is 13.2 Å². The van der Waals surface area contributed by atoms with E-state index in [0.29, 0.717) is 17.7 Å². The number of carbonyl (C=O) groups excluding carboxylic acids is 1. The van der Waals surface area contributed by atoms with Gasteiger partial charge in [0.15, 0.2) is 0 Å². The number of aliphatic hydroxyl groups excluding tert-OH is 1. The molecule has 1 unspecified atom stereocenters. The quantitative estimate of drug-likeness (QED) is 0.844. The van der Waals surface area contributed by atoms with Gasteiger partial charge in [-0.2, -0.15) is 5.10 Å². The standard InChI is InChI=1S/C13H17N3O3/c1-3-10-9(7-16(2)15-10)13(18)14-11(8-17)12-5-4-6-19-12/h4-7,11,17H,3,8H2,1-2H3,(H,14,18). The smallest absolute Gasteiger partial charge is 0.255 e. The summed E-state index contributed by atoms with van der Waals surface area (Å²) in [6.45, 7) is 1.72. The van der Waals surface area contributed by atoms with Crippen LogP contribution in [0.25, 0.3) is 0 Å². The number of aromatic nitrogens is 2. The first-order chi connectivity index (χ1) is 9.15. The van der Waals surface area contributed by atoms with Crippen LogP contribution in [0.1, 0.15) is 34.8 Å². The first-order valence-electron chi connectivity index (χ1n) is 6.13. The van der Waals surface area contributed by atoms with Crippen molar-refractivity contribution >= 4 is 5.91 Å². The summed E-state index contributed by atoms with van der Waals surface area (Å²) in [5.41, 5.74) is 1.26. The molecule has 2 aromatic rings. The molecule has 6 nitrogen and oxygen atoms in total. The van der Waals surface area contributed by atoms with Gasteiger partial charge < -0.3 is 14.8 Å². The Morgan fingerprint density at radius 2 is 2.42 bits per heavy atom. The number of carbonyl (C=O) groups is 1. The zero-order chi connectivity index (χ0) is 13.8. The van der Waals surface area contributed by atoms with Gasteiger partial charge in [0.1, 0.15) is 11.8 Å². The second kappa shape index (κ2) is 5.71. The fourth-order valence-corrected chi connectivity index (χ4v) is 1.92. The Balaban J connectivity index is 2.15. The van der Waals surface area contributed by atoms with Crippen molar-refractivity contribution < 1.29 is 14.3 Å². The van der Waals surface area contributed by atoms with E-state index in [9.17, 15) is 9.90 Å². The fourth-order valence-electron chi connectivity index (χ4n) is 1.92. The third-order valence-electron chi connectivity index (χ3n) is 2.86. The van der Waals surface area contributed by atoms with Crippen LogP contribution < -0.4 is 5.32 Å². The van der Waals surface area contributed by atoms with Crippen molar-refractivity contribution in [2.24, 2.45) is 7.05 Å². The predicted octanol–water partition coefficient (Wildman–Crippen LogP) is 1.04. The van der Waals surface area contributed by atoms with Crippen molar-refractivity contribution in [3.05, 3.63) is 41.6 Å². The summed E-state index contributed by atoms with van der Waals surface area (Å²) in [5, 5.41) is 16.3. The summed E-state index contributed by atoms with van der Waals surface area (Å²) >= 11 is 0. The van der Waals surface area contributed by atoms with Crippen LogP contribution >= 0.6 is 0 Å². The summed E-state index contributed by atoms with van der Waals surface area (Å²) in [6, 6.07) is 2.88. The van der Waals surface area contributed by atoms with Gasteiger partial charge in [-0.05, 0) is 18.6 Å². The molecule has 19 heavy (non-hydrogen) atoms. The second-order valence-corrected chi connectivity index (χ2v) is 4.24. The number of hydrogen-bond donors (Lipinski definition) is 2. The summed E-state index contributed by atoms with van der Waals surface area (Å²) in [7, 11) is 1.77. The SMILES string of the molecule is CCc1nn(C)cc1C(=O)NC(CO)c1ccco1. The molecule has 2 heterocycles. The van der Waals surface area contributed by atoms with Crippen LogP contribution in [0.4, 0.5) is 0 Å². The Morgan fingerprint density at radius 3 is 3.00 bits per heavy atom. The molecule has 0 spiro atoms. The number of aliphatic hydroxyl groups is 1. The van der Waals surface area contributed by atoms with Gasteiger partial charge in [-0.25, -0.2) is 0 Å². The highest BCUT2D eigenvalue weighted by Crippen LogP contribution is 2.15. The molecule has 0 saturated heterocycles. The van der Waals surface area contributed by atoms with Crippen molar-refractivity contribution in [2.45, 2.75) is 19.4 Å². The number of nitrogens with one attached hydrogen (secondary N) is 1. The normalized spacial score (nSPS) is 12.4. The molecule has 1 amide bonds. The molecule has 0 aromatic carbocycles. The Hall–Kier alpha value is -2.08. The highest BCUT2D eigenvalue weighted by molar-refractivity contribution is 5.95. The van der Waals surface area contributed by atoms with Crippen molar-refractivity contribution in [3.63, 3.8) is 0 Å². The molecular formula is C13H17N3O3. The van der Waals surface area contributed by atoms with E-state index in [0.717, 1.165) is 5.69 Å². The minimum absolute atomic E-state index is 0.221. The Kier molecular flexibility index (Phi) is 4.01. The lowest BCUT2D eigenvalue weighted by molar-refractivity contribution is 0.0906. The van der Waals surface area contributed by atoms with Gasteiger partial charge in [0.25, 0.3) is 5.91 Å². The summed E-state index contributed by atoms with van der Waals surface area (Å²) in [6.07, 6.45) is 3.85. The lowest BCUT2D eigenvalue weighted by Crippen LogP contribution is -2.30. The Bertz CT molecular complexity index is 545. The van der Waals surface area contributed by atoms with Crippen LogP contribution in [0, 0.1) is 0 Å². The number of aryl methyl sites for hydroxylation is 2. The maximum atomic E-state index is 12.2. The van der Waals surface area contributed by atoms with Crippen LogP contribution in [0.2, 0.25) is 0 Å². The third kappa shape index (κ3) is 2.85. The molecule has 0 fully saturated rings. The fraction of sp³-hybridized carbons (Fsp3) is 0.385. The first kappa shape index (κ1) is 13.4. The largest absolute Gasteiger partial charge is 0.467 e. The van der Waals surface area contributed by atoms with Crippen LogP contribution in [0.5, 0.6) is 0 Å². The molecule has 0 aliphatic rings. The molecule has 1 atom stereocenters. The zero-order valence-electron chi connectivity index (χ0n) is 11.0. The van der Waals surface area contributed by atoms with Crippen molar-refractivity contribution in [1.82, 2.24) is 15.1 Å². The monoisotopic (exact) mass is 263 g/mol. The molecule has 0 bridgehead atoms. The molecule has 2 N–H and O–H groups in total. The van der Waals surface area contributed by atoms with Gasteiger partial charge in [-0.15, -0.1) is 0 Å². The minimum Gasteiger partial charge on any atom is -0.467 e. The van der Waals surface area contributed by atoms with Gasteiger partial charge in [0.05, 0.1) is 24.1 Å².